The second kappa shape index (κ2) is 10.8. The molecule has 0 atom stereocenters. The molecular weight excluding hydrogens is 544 g/mol. The standard InChI is InChI=1S/C43H28N2/c44-27-28-7-3-9-30(23-28)31-10-4-11-32(24-31)33-17-18-35-26-36(20-19-34(35)25-33)38-13-5-16-42(43(38)45)40-15-6-14-39-37-12-2-1-8-29(37)21-22-41(39)40/h1-26H,45H2. The average molecular weight is 573 g/mol. The third kappa shape index (κ3) is 4.68. The van der Waals surface area contributed by atoms with E-state index in [1.807, 2.05) is 24.3 Å². The summed E-state index contributed by atoms with van der Waals surface area (Å²) in [6.07, 6.45) is 0. The normalized spacial score (nSPS) is 11.2. The van der Waals surface area contributed by atoms with Gasteiger partial charge in [-0.25, -0.2) is 0 Å². The van der Waals surface area contributed by atoms with Gasteiger partial charge in [-0.3, -0.25) is 0 Å². The molecular formula is C43H28N2. The van der Waals surface area contributed by atoms with Gasteiger partial charge in [0.25, 0.3) is 0 Å². The number of fused-ring (bicyclic) bond motifs is 4. The van der Waals surface area contributed by atoms with Crippen molar-refractivity contribution in [2.75, 3.05) is 5.73 Å². The molecule has 0 aliphatic heterocycles. The Bertz CT molecular complexity index is 2460. The molecule has 45 heavy (non-hydrogen) atoms. The van der Waals surface area contributed by atoms with Crippen LogP contribution in [-0.4, -0.2) is 0 Å². The summed E-state index contributed by atoms with van der Waals surface area (Å²) in [6.45, 7) is 0. The number of anilines is 1. The van der Waals surface area contributed by atoms with E-state index < -0.39 is 0 Å². The Morgan fingerprint density at radius 3 is 1.78 bits per heavy atom. The third-order valence-electron chi connectivity index (χ3n) is 8.86. The fourth-order valence-electron chi connectivity index (χ4n) is 6.57. The molecule has 0 spiro atoms. The molecule has 0 saturated heterocycles. The molecule has 210 valence electrons. The van der Waals surface area contributed by atoms with Gasteiger partial charge in [0.1, 0.15) is 0 Å². The predicted molar refractivity (Wildman–Crippen MR) is 190 cm³/mol. The molecule has 0 radical (unpaired) electrons. The second-order valence-corrected chi connectivity index (χ2v) is 11.5. The van der Waals surface area contributed by atoms with Gasteiger partial charge < -0.3 is 5.73 Å². The van der Waals surface area contributed by atoms with Gasteiger partial charge in [0.2, 0.25) is 0 Å². The highest BCUT2D eigenvalue weighted by atomic mass is 14.6. The smallest absolute Gasteiger partial charge is 0.0991 e. The fraction of sp³-hybridized carbons (Fsp3) is 0. The van der Waals surface area contributed by atoms with Crippen molar-refractivity contribution >= 4 is 38.0 Å². The molecule has 0 fully saturated rings. The van der Waals surface area contributed by atoms with Gasteiger partial charge in [0, 0.05) is 16.8 Å². The lowest BCUT2D eigenvalue weighted by Gasteiger charge is -2.15. The summed E-state index contributed by atoms with van der Waals surface area (Å²) >= 11 is 0. The molecule has 0 aliphatic carbocycles. The van der Waals surface area contributed by atoms with Gasteiger partial charge >= 0.3 is 0 Å². The first-order chi connectivity index (χ1) is 22.2. The minimum Gasteiger partial charge on any atom is -0.398 e. The molecule has 0 amide bonds. The van der Waals surface area contributed by atoms with Gasteiger partial charge in [-0.2, -0.15) is 5.26 Å². The summed E-state index contributed by atoms with van der Waals surface area (Å²) < 4.78 is 0. The summed E-state index contributed by atoms with van der Waals surface area (Å²) in [4.78, 5) is 0. The van der Waals surface area contributed by atoms with Crippen molar-refractivity contribution in [3.05, 3.63) is 163 Å². The van der Waals surface area contributed by atoms with Crippen molar-refractivity contribution in [1.82, 2.24) is 0 Å². The largest absolute Gasteiger partial charge is 0.398 e. The number of nitrogens with zero attached hydrogens (tertiary/aromatic N) is 1. The molecule has 0 aliphatic rings. The van der Waals surface area contributed by atoms with Crippen molar-refractivity contribution in [3.63, 3.8) is 0 Å². The number of para-hydroxylation sites is 1. The first-order valence-electron chi connectivity index (χ1n) is 15.1. The van der Waals surface area contributed by atoms with Gasteiger partial charge in [-0.1, -0.05) is 127 Å². The van der Waals surface area contributed by atoms with Crippen LogP contribution < -0.4 is 5.73 Å². The highest BCUT2D eigenvalue weighted by Crippen LogP contribution is 2.40. The molecule has 0 heterocycles. The summed E-state index contributed by atoms with van der Waals surface area (Å²) in [5.41, 5.74) is 17.1. The Balaban J connectivity index is 1.16. The van der Waals surface area contributed by atoms with Gasteiger partial charge in [-0.05, 0) is 96.0 Å². The summed E-state index contributed by atoms with van der Waals surface area (Å²) in [6, 6.07) is 57.4. The highest BCUT2D eigenvalue weighted by molar-refractivity contribution is 6.13. The second-order valence-electron chi connectivity index (χ2n) is 11.5. The quantitative estimate of drug-likeness (QED) is 0.168. The lowest BCUT2D eigenvalue weighted by Crippen LogP contribution is -1.95. The molecule has 8 aromatic rings. The van der Waals surface area contributed by atoms with Crippen molar-refractivity contribution < 1.29 is 0 Å². The third-order valence-corrected chi connectivity index (χ3v) is 8.86. The van der Waals surface area contributed by atoms with E-state index in [9.17, 15) is 5.26 Å². The van der Waals surface area contributed by atoms with E-state index in [1.54, 1.807) is 0 Å². The monoisotopic (exact) mass is 572 g/mol. The van der Waals surface area contributed by atoms with Crippen LogP contribution in [0.25, 0.3) is 76.8 Å². The molecule has 2 N–H and O–H groups in total. The van der Waals surface area contributed by atoms with E-state index in [0.29, 0.717) is 5.56 Å². The van der Waals surface area contributed by atoms with Crippen LogP contribution in [-0.2, 0) is 0 Å². The van der Waals surface area contributed by atoms with Crippen LogP contribution in [0.2, 0.25) is 0 Å². The molecule has 0 saturated carbocycles. The van der Waals surface area contributed by atoms with Crippen LogP contribution in [0.1, 0.15) is 5.56 Å². The SMILES string of the molecule is N#Cc1cccc(-c2cccc(-c3ccc4cc(-c5cccc(-c6cccc7c6ccc6ccccc67)c5N)ccc4c3)c2)c1. The summed E-state index contributed by atoms with van der Waals surface area (Å²) in [5.74, 6) is 0. The molecule has 8 aromatic carbocycles. The van der Waals surface area contributed by atoms with E-state index in [2.05, 4.69) is 140 Å². The maximum absolute atomic E-state index is 9.33. The topological polar surface area (TPSA) is 49.8 Å². The Morgan fingerprint density at radius 2 is 0.956 bits per heavy atom. The van der Waals surface area contributed by atoms with Crippen molar-refractivity contribution in [2.45, 2.75) is 0 Å². The zero-order chi connectivity index (χ0) is 30.3. The Hall–Kier alpha value is -6.17. The fourth-order valence-corrected chi connectivity index (χ4v) is 6.57. The van der Waals surface area contributed by atoms with E-state index in [4.69, 9.17) is 5.73 Å². The minimum atomic E-state index is 0.663. The van der Waals surface area contributed by atoms with Crippen molar-refractivity contribution in [3.8, 4) is 50.6 Å². The molecule has 2 nitrogen and oxygen atoms in total. The number of hydrogen-bond donors (Lipinski definition) is 1. The van der Waals surface area contributed by atoms with Crippen molar-refractivity contribution in [1.29, 1.82) is 5.26 Å². The van der Waals surface area contributed by atoms with Gasteiger partial charge in [-0.15, -0.1) is 0 Å². The predicted octanol–water partition coefficient (Wildman–Crippen LogP) is 11.3. The van der Waals surface area contributed by atoms with Gasteiger partial charge in [0.15, 0.2) is 0 Å². The van der Waals surface area contributed by atoms with Crippen LogP contribution in [0.3, 0.4) is 0 Å². The summed E-state index contributed by atoms with van der Waals surface area (Å²) in [7, 11) is 0. The van der Waals surface area contributed by atoms with Crippen LogP contribution in [0.4, 0.5) is 5.69 Å². The van der Waals surface area contributed by atoms with Crippen LogP contribution in [0.15, 0.2) is 158 Å². The maximum atomic E-state index is 9.33. The molecule has 2 heteroatoms. The number of hydrogen-bond acceptors (Lipinski definition) is 2. The number of benzene rings is 8. The number of rotatable bonds is 4. The van der Waals surface area contributed by atoms with E-state index in [0.717, 1.165) is 55.6 Å². The Morgan fingerprint density at radius 1 is 0.378 bits per heavy atom. The maximum Gasteiger partial charge on any atom is 0.0991 e. The number of nitrogens with two attached hydrogens (primary N) is 1. The Labute approximate surface area is 262 Å². The van der Waals surface area contributed by atoms with Gasteiger partial charge in [0.05, 0.1) is 11.6 Å². The molecule has 0 bridgehead atoms. The zero-order valence-electron chi connectivity index (χ0n) is 24.5. The van der Waals surface area contributed by atoms with Crippen LogP contribution in [0, 0.1) is 11.3 Å². The molecule has 0 unspecified atom stereocenters. The first-order valence-corrected chi connectivity index (χ1v) is 15.1. The molecule has 8 rings (SSSR count). The van der Waals surface area contributed by atoms with Crippen molar-refractivity contribution in [2.24, 2.45) is 0 Å². The lowest BCUT2D eigenvalue weighted by atomic mass is 9.91. The van der Waals surface area contributed by atoms with E-state index >= 15 is 0 Å². The Kier molecular flexibility index (Phi) is 6.37. The lowest BCUT2D eigenvalue weighted by molar-refractivity contribution is 1.48. The molecule has 0 aromatic heterocycles. The average Bonchev–Trinajstić information content (AvgIpc) is 3.11. The highest BCUT2D eigenvalue weighted by Gasteiger charge is 2.13. The van der Waals surface area contributed by atoms with Crippen LogP contribution in [0.5, 0.6) is 0 Å². The van der Waals surface area contributed by atoms with E-state index in [-0.39, 0.29) is 0 Å². The number of nitriles is 1. The van der Waals surface area contributed by atoms with E-state index in [1.165, 1.54) is 26.9 Å². The zero-order valence-corrected chi connectivity index (χ0v) is 24.5. The first kappa shape index (κ1) is 26.5. The number of nitrogen functional groups attached to an aromatic ring is 1. The minimum absolute atomic E-state index is 0.663. The van der Waals surface area contributed by atoms with Crippen LogP contribution >= 0.6 is 0 Å². The summed E-state index contributed by atoms with van der Waals surface area (Å²) in [5, 5.41) is 16.6.